The molecule has 3 rings (SSSR count). The zero-order chi connectivity index (χ0) is 15.0. The van der Waals surface area contributed by atoms with Gasteiger partial charge in [0.1, 0.15) is 23.2 Å². The molecule has 0 aromatic heterocycles. The van der Waals surface area contributed by atoms with Gasteiger partial charge in [-0.1, -0.05) is 12.1 Å². The molecule has 2 aromatic rings. The molecule has 1 atom stereocenters. The molecule has 0 fully saturated rings. The minimum absolute atomic E-state index is 0.0291. The molecule has 1 unspecified atom stereocenters. The van der Waals surface area contributed by atoms with Crippen molar-refractivity contribution in [1.82, 2.24) is 0 Å². The number of rotatable bonds is 2. The normalized spacial score (nSPS) is 17.0. The van der Waals surface area contributed by atoms with Crippen molar-refractivity contribution in [2.24, 2.45) is 0 Å². The van der Waals surface area contributed by atoms with Crippen LogP contribution in [0.4, 0.5) is 0 Å². The highest BCUT2D eigenvalue weighted by atomic mass is 16.5. The Hall–Kier alpha value is -2.69. The van der Waals surface area contributed by atoms with E-state index in [1.54, 1.807) is 24.3 Å². The number of Topliss-reactive ketones (excluding diaryl/α,β-unsaturated/α-hetero) is 1. The maximum atomic E-state index is 12.2. The second kappa shape index (κ2) is 5.01. The van der Waals surface area contributed by atoms with Gasteiger partial charge in [-0.3, -0.25) is 4.79 Å². The first kappa shape index (κ1) is 13.3. The van der Waals surface area contributed by atoms with Crippen molar-refractivity contribution in [2.75, 3.05) is 7.11 Å². The van der Waals surface area contributed by atoms with Gasteiger partial charge >= 0.3 is 0 Å². The average Bonchev–Trinajstić information content (AvgIpc) is 2.47. The van der Waals surface area contributed by atoms with Crippen molar-refractivity contribution in [1.29, 1.82) is 0 Å². The van der Waals surface area contributed by atoms with Crippen LogP contribution in [-0.2, 0) is 0 Å². The molecule has 0 bridgehead atoms. The van der Waals surface area contributed by atoms with E-state index < -0.39 is 6.10 Å². The van der Waals surface area contributed by atoms with Crippen LogP contribution in [0.15, 0.2) is 36.4 Å². The fourth-order valence-corrected chi connectivity index (χ4v) is 2.44. The number of ether oxygens (including phenoxy) is 2. The molecule has 2 N–H and O–H groups in total. The maximum Gasteiger partial charge on any atom is 0.174 e. The standard InChI is InChI=1S/C16H14O5/c1-20-15-7-9(5-6-10(15)17)14-8-12(19)16-11(18)3-2-4-13(16)21-14/h2-7,14,17-18H,8H2,1H3. The number of carbonyl (C=O) groups is 1. The first-order chi connectivity index (χ1) is 10.1. The molecule has 0 saturated heterocycles. The summed E-state index contributed by atoms with van der Waals surface area (Å²) in [6.45, 7) is 0. The van der Waals surface area contributed by atoms with E-state index in [1.807, 2.05) is 0 Å². The third-order valence-electron chi connectivity index (χ3n) is 3.50. The van der Waals surface area contributed by atoms with Crippen LogP contribution < -0.4 is 9.47 Å². The summed E-state index contributed by atoms with van der Waals surface area (Å²) < 4.78 is 10.9. The largest absolute Gasteiger partial charge is 0.507 e. The van der Waals surface area contributed by atoms with Crippen LogP contribution in [0, 0.1) is 0 Å². The molecular formula is C16H14O5. The van der Waals surface area contributed by atoms with Gasteiger partial charge in [0.15, 0.2) is 17.3 Å². The summed E-state index contributed by atoms with van der Waals surface area (Å²) in [5.41, 5.74) is 0.950. The van der Waals surface area contributed by atoms with Crippen molar-refractivity contribution in [2.45, 2.75) is 12.5 Å². The lowest BCUT2D eigenvalue weighted by atomic mass is 9.95. The van der Waals surface area contributed by atoms with Gasteiger partial charge in [0.2, 0.25) is 0 Å². The topological polar surface area (TPSA) is 76.0 Å². The Morgan fingerprint density at radius 3 is 2.76 bits per heavy atom. The highest BCUT2D eigenvalue weighted by molar-refractivity contribution is 6.02. The van der Waals surface area contributed by atoms with E-state index >= 15 is 0 Å². The van der Waals surface area contributed by atoms with Crippen LogP contribution >= 0.6 is 0 Å². The average molecular weight is 286 g/mol. The van der Waals surface area contributed by atoms with E-state index in [4.69, 9.17) is 9.47 Å². The minimum Gasteiger partial charge on any atom is -0.507 e. The molecule has 21 heavy (non-hydrogen) atoms. The van der Waals surface area contributed by atoms with Gasteiger partial charge in [0.05, 0.1) is 13.5 Å². The van der Waals surface area contributed by atoms with Crippen molar-refractivity contribution >= 4 is 5.78 Å². The number of fused-ring (bicyclic) bond motifs is 1. The predicted octanol–water partition coefficient (Wildman–Crippen LogP) is 2.81. The second-order valence-corrected chi connectivity index (χ2v) is 4.82. The highest BCUT2D eigenvalue weighted by Gasteiger charge is 2.30. The van der Waals surface area contributed by atoms with Gasteiger partial charge in [-0.05, 0) is 29.8 Å². The number of ketones is 1. The van der Waals surface area contributed by atoms with E-state index in [0.29, 0.717) is 11.5 Å². The van der Waals surface area contributed by atoms with Crippen LogP contribution in [0.1, 0.15) is 28.4 Å². The summed E-state index contributed by atoms with van der Waals surface area (Å²) in [6.07, 6.45) is -0.348. The lowest BCUT2D eigenvalue weighted by molar-refractivity contribution is 0.0845. The third-order valence-corrected chi connectivity index (χ3v) is 3.50. The molecule has 0 saturated carbocycles. The molecule has 0 radical (unpaired) electrons. The predicted molar refractivity (Wildman–Crippen MR) is 75.1 cm³/mol. The van der Waals surface area contributed by atoms with E-state index in [-0.39, 0.29) is 29.3 Å². The Morgan fingerprint density at radius 2 is 2.00 bits per heavy atom. The Balaban J connectivity index is 1.98. The Morgan fingerprint density at radius 1 is 1.19 bits per heavy atom. The Labute approximate surface area is 121 Å². The van der Waals surface area contributed by atoms with E-state index in [9.17, 15) is 15.0 Å². The number of hydrogen-bond acceptors (Lipinski definition) is 5. The summed E-state index contributed by atoms with van der Waals surface area (Å²) in [7, 11) is 1.46. The molecule has 0 aliphatic carbocycles. The monoisotopic (exact) mass is 286 g/mol. The first-order valence-electron chi connectivity index (χ1n) is 6.49. The molecule has 108 valence electrons. The van der Waals surface area contributed by atoms with Gasteiger partial charge in [-0.25, -0.2) is 0 Å². The van der Waals surface area contributed by atoms with Gasteiger partial charge in [-0.15, -0.1) is 0 Å². The molecular weight excluding hydrogens is 272 g/mol. The summed E-state index contributed by atoms with van der Waals surface area (Å²) in [4.78, 5) is 12.2. The molecule has 1 aliphatic rings. The smallest absolute Gasteiger partial charge is 0.174 e. The van der Waals surface area contributed by atoms with Crippen molar-refractivity contribution < 1.29 is 24.5 Å². The number of phenols is 2. The SMILES string of the molecule is COc1cc(C2CC(=O)c3c(O)cccc3O2)ccc1O. The number of carbonyl (C=O) groups excluding carboxylic acids is 1. The summed E-state index contributed by atoms with van der Waals surface area (Å²) in [5, 5.41) is 19.4. The van der Waals surface area contributed by atoms with Gasteiger partial charge in [0, 0.05) is 0 Å². The molecule has 1 heterocycles. The summed E-state index contributed by atoms with van der Waals surface area (Å²) in [5.74, 6) is 0.473. The molecule has 5 nitrogen and oxygen atoms in total. The zero-order valence-corrected chi connectivity index (χ0v) is 11.4. The zero-order valence-electron chi connectivity index (χ0n) is 11.4. The summed E-state index contributed by atoms with van der Waals surface area (Å²) in [6, 6.07) is 9.56. The van der Waals surface area contributed by atoms with Gasteiger partial charge < -0.3 is 19.7 Å². The fraction of sp³-hybridized carbons (Fsp3) is 0.188. The maximum absolute atomic E-state index is 12.2. The molecule has 0 spiro atoms. The van der Waals surface area contributed by atoms with E-state index in [1.165, 1.54) is 19.2 Å². The second-order valence-electron chi connectivity index (χ2n) is 4.82. The minimum atomic E-state index is -0.471. The van der Waals surface area contributed by atoms with Crippen LogP contribution in [0.5, 0.6) is 23.0 Å². The molecule has 1 aliphatic heterocycles. The lowest BCUT2D eigenvalue weighted by Gasteiger charge is -2.26. The quantitative estimate of drug-likeness (QED) is 0.887. The highest BCUT2D eigenvalue weighted by Crippen LogP contribution is 2.40. The fourth-order valence-electron chi connectivity index (χ4n) is 2.44. The number of phenolic OH excluding ortho intramolecular Hbond substituents is 2. The van der Waals surface area contributed by atoms with E-state index in [0.717, 1.165) is 5.56 Å². The molecule has 0 amide bonds. The number of hydrogen-bond donors (Lipinski definition) is 2. The number of methoxy groups -OCH3 is 1. The van der Waals surface area contributed by atoms with Crippen molar-refractivity contribution in [3.63, 3.8) is 0 Å². The van der Waals surface area contributed by atoms with Crippen LogP contribution in [0.3, 0.4) is 0 Å². The Kier molecular flexibility index (Phi) is 3.17. The Bertz CT molecular complexity index is 708. The third kappa shape index (κ3) is 2.27. The molecule has 2 aromatic carbocycles. The van der Waals surface area contributed by atoms with Gasteiger partial charge in [0.25, 0.3) is 0 Å². The summed E-state index contributed by atoms with van der Waals surface area (Å²) >= 11 is 0. The molecule has 5 heteroatoms. The van der Waals surface area contributed by atoms with Gasteiger partial charge in [-0.2, -0.15) is 0 Å². The lowest BCUT2D eigenvalue weighted by Crippen LogP contribution is -2.20. The van der Waals surface area contributed by atoms with Crippen molar-refractivity contribution in [3.05, 3.63) is 47.5 Å². The van der Waals surface area contributed by atoms with Crippen LogP contribution in [-0.4, -0.2) is 23.1 Å². The van der Waals surface area contributed by atoms with E-state index in [2.05, 4.69) is 0 Å². The van der Waals surface area contributed by atoms with Crippen molar-refractivity contribution in [3.8, 4) is 23.0 Å². The first-order valence-corrected chi connectivity index (χ1v) is 6.49. The number of aromatic hydroxyl groups is 2. The number of benzene rings is 2. The van der Waals surface area contributed by atoms with Crippen LogP contribution in [0.2, 0.25) is 0 Å². The van der Waals surface area contributed by atoms with Crippen LogP contribution in [0.25, 0.3) is 0 Å².